The Bertz CT molecular complexity index is 352. The molecule has 1 amide bonds. The van der Waals surface area contributed by atoms with Gasteiger partial charge in [0.1, 0.15) is 11.9 Å². The maximum Gasteiger partial charge on any atom is 0.404 e. The van der Waals surface area contributed by atoms with Gasteiger partial charge in [0.05, 0.1) is 7.11 Å². The third-order valence-corrected chi connectivity index (χ3v) is 2.29. The second-order valence-electron chi connectivity index (χ2n) is 3.64. The van der Waals surface area contributed by atoms with Crippen LogP contribution in [0.1, 0.15) is 18.9 Å². The van der Waals surface area contributed by atoms with Crippen molar-refractivity contribution in [3.05, 3.63) is 29.8 Å². The number of ether oxygens (including phenoxy) is 2. The summed E-state index contributed by atoms with van der Waals surface area (Å²) in [6, 6.07) is 7.82. The zero-order chi connectivity index (χ0) is 12.0. The summed E-state index contributed by atoms with van der Waals surface area (Å²) in [7, 11) is 1.64. The average molecular weight is 223 g/mol. The van der Waals surface area contributed by atoms with Crippen LogP contribution in [0.15, 0.2) is 24.3 Å². The van der Waals surface area contributed by atoms with Gasteiger partial charge in [0, 0.05) is 0 Å². The first kappa shape index (κ1) is 12.4. The molecule has 0 aliphatic carbocycles. The molecule has 1 aromatic rings. The topological polar surface area (TPSA) is 61.6 Å². The minimum absolute atomic E-state index is 0.163. The van der Waals surface area contributed by atoms with Crippen molar-refractivity contribution in [2.24, 2.45) is 5.73 Å². The first-order chi connectivity index (χ1) is 7.61. The molecule has 1 atom stereocenters. The predicted octanol–water partition coefficient (Wildman–Crippen LogP) is 2.11. The molecule has 0 spiro atoms. The van der Waals surface area contributed by atoms with Crippen LogP contribution in [0.5, 0.6) is 5.75 Å². The van der Waals surface area contributed by atoms with Crippen LogP contribution in [0.3, 0.4) is 0 Å². The minimum atomic E-state index is -0.724. The van der Waals surface area contributed by atoms with E-state index in [0.717, 1.165) is 24.2 Å². The van der Waals surface area contributed by atoms with Gasteiger partial charge in [-0.1, -0.05) is 12.1 Å². The summed E-state index contributed by atoms with van der Waals surface area (Å²) in [6.45, 7) is 1.82. The number of rotatable bonds is 5. The van der Waals surface area contributed by atoms with Gasteiger partial charge in [-0.05, 0) is 37.5 Å². The Morgan fingerprint density at radius 3 is 2.88 bits per heavy atom. The Morgan fingerprint density at radius 1 is 1.50 bits per heavy atom. The van der Waals surface area contributed by atoms with E-state index in [4.69, 9.17) is 15.2 Å². The number of hydrogen-bond donors (Lipinski definition) is 1. The number of amides is 1. The third kappa shape index (κ3) is 4.21. The first-order valence-corrected chi connectivity index (χ1v) is 5.21. The molecule has 1 unspecified atom stereocenters. The fraction of sp³-hybridized carbons (Fsp3) is 0.417. The van der Waals surface area contributed by atoms with E-state index < -0.39 is 6.09 Å². The van der Waals surface area contributed by atoms with Crippen LogP contribution in [0.25, 0.3) is 0 Å². The number of aryl methyl sites for hydroxylation is 1. The second-order valence-corrected chi connectivity index (χ2v) is 3.64. The number of carbonyl (C=O) groups is 1. The zero-order valence-electron chi connectivity index (χ0n) is 9.60. The second kappa shape index (κ2) is 6.00. The number of carbonyl (C=O) groups excluding carboxylic acids is 1. The quantitative estimate of drug-likeness (QED) is 0.831. The molecular formula is C12H17NO3. The van der Waals surface area contributed by atoms with E-state index in [1.165, 1.54) is 0 Å². The van der Waals surface area contributed by atoms with Crippen molar-refractivity contribution in [2.75, 3.05) is 7.11 Å². The maximum absolute atomic E-state index is 10.5. The molecule has 0 aliphatic rings. The largest absolute Gasteiger partial charge is 0.497 e. The van der Waals surface area contributed by atoms with Gasteiger partial charge in [0.25, 0.3) is 0 Å². The smallest absolute Gasteiger partial charge is 0.404 e. The standard InChI is InChI=1S/C12H17NO3/c1-9(16-12(13)14)6-7-10-4-3-5-11(8-10)15-2/h3-5,8-9H,6-7H2,1-2H3,(H2,13,14). The zero-order valence-corrected chi connectivity index (χ0v) is 9.60. The molecule has 0 saturated carbocycles. The highest BCUT2D eigenvalue weighted by atomic mass is 16.6. The first-order valence-electron chi connectivity index (χ1n) is 5.21. The van der Waals surface area contributed by atoms with Crippen molar-refractivity contribution in [3.63, 3.8) is 0 Å². The number of hydrogen-bond acceptors (Lipinski definition) is 3. The van der Waals surface area contributed by atoms with Crippen molar-refractivity contribution < 1.29 is 14.3 Å². The Hall–Kier alpha value is -1.71. The molecule has 0 saturated heterocycles. The lowest BCUT2D eigenvalue weighted by Crippen LogP contribution is -2.20. The van der Waals surface area contributed by atoms with Crippen LogP contribution in [0.2, 0.25) is 0 Å². The summed E-state index contributed by atoms with van der Waals surface area (Å²) in [5.74, 6) is 0.834. The van der Waals surface area contributed by atoms with E-state index >= 15 is 0 Å². The summed E-state index contributed by atoms with van der Waals surface area (Å²) in [4.78, 5) is 10.5. The van der Waals surface area contributed by atoms with Crippen LogP contribution in [-0.4, -0.2) is 19.3 Å². The fourth-order valence-electron chi connectivity index (χ4n) is 1.46. The maximum atomic E-state index is 10.5. The fourth-order valence-corrected chi connectivity index (χ4v) is 1.46. The highest BCUT2D eigenvalue weighted by Crippen LogP contribution is 2.15. The third-order valence-electron chi connectivity index (χ3n) is 2.29. The molecule has 4 heteroatoms. The Balaban J connectivity index is 2.44. The predicted molar refractivity (Wildman–Crippen MR) is 61.4 cm³/mol. The molecule has 4 nitrogen and oxygen atoms in total. The van der Waals surface area contributed by atoms with Crippen molar-refractivity contribution in [3.8, 4) is 5.75 Å². The van der Waals surface area contributed by atoms with Crippen LogP contribution < -0.4 is 10.5 Å². The van der Waals surface area contributed by atoms with Gasteiger partial charge in [-0.25, -0.2) is 4.79 Å². The van der Waals surface area contributed by atoms with E-state index in [2.05, 4.69) is 0 Å². The van der Waals surface area contributed by atoms with Gasteiger partial charge in [0.15, 0.2) is 0 Å². The van der Waals surface area contributed by atoms with E-state index in [1.807, 2.05) is 31.2 Å². The molecule has 0 bridgehead atoms. The molecule has 0 radical (unpaired) electrons. The van der Waals surface area contributed by atoms with Crippen molar-refractivity contribution in [1.82, 2.24) is 0 Å². The van der Waals surface area contributed by atoms with Gasteiger partial charge in [-0.2, -0.15) is 0 Å². The molecule has 1 rings (SSSR count). The molecule has 88 valence electrons. The minimum Gasteiger partial charge on any atom is -0.497 e. The van der Waals surface area contributed by atoms with Crippen LogP contribution in [-0.2, 0) is 11.2 Å². The molecule has 0 aromatic heterocycles. The van der Waals surface area contributed by atoms with E-state index in [-0.39, 0.29) is 6.10 Å². The van der Waals surface area contributed by atoms with Gasteiger partial charge in [0.2, 0.25) is 0 Å². The molecule has 0 heterocycles. The summed E-state index contributed by atoms with van der Waals surface area (Å²) in [5.41, 5.74) is 6.08. The SMILES string of the molecule is COc1cccc(CCC(C)OC(N)=O)c1. The van der Waals surface area contributed by atoms with E-state index in [1.54, 1.807) is 7.11 Å². The molecule has 0 fully saturated rings. The highest BCUT2D eigenvalue weighted by Gasteiger charge is 2.06. The van der Waals surface area contributed by atoms with Crippen molar-refractivity contribution in [1.29, 1.82) is 0 Å². The van der Waals surface area contributed by atoms with Gasteiger partial charge < -0.3 is 15.2 Å². The summed E-state index contributed by atoms with van der Waals surface area (Å²) < 4.78 is 9.96. The van der Waals surface area contributed by atoms with Gasteiger partial charge in [-0.15, -0.1) is 0 Å². The average Bonchev–Trinajstić information content (AvgIpc) is 2.26. The van der Waals surface area contributed by atoms with Crippen molar-refractivity contribution >= 4 is 6.09 Å². The molecular weight excluding hydrogens is 206 g/mol. The van der Waals surface area contributed by atoms with Gasteiger partial charge in [-0.3, -0.25) is 0 Å². The number of primary amides is 1. The summed E-state index contributed by atoms with van der Waals surface area (Å²) >= 11 is 0. The molecule has 16 heavy (non-hydrogen) atoms. The summed E-state index contributed by atoms with van der Waals surface area (Å²) in [5, 5.41) is 0. The Kier molecular flexibility index (Phi) is 4.64. The lowest BCUT2D eigenvalue weighted by atomic mass is 10.1. The highest BCUT2D eigenvalue weighted by molar-refractivity contribution is 5.64. The van der Waals surface area contributed by atoms with E-state index in [9.17, 15) is 4.79 Å². The van der Waals surface area contributed by atoms with Crippen LogP contribution in [0, 0.1) is 0 Å². The van der Waals surface area contributed by atoms with Crippen LogP contribution >= 0.6 is 0 Å². The number of nitrogens with two attached hydrogens (primary N) is 1. The Labute approximate surface area is 95.3 Å². The lowest BCUT2D eigenvalue weighted by molar-refractivity contribution is 0.111. The molecule has 2 N–H and O–H groups in total. The monoisotopic (exact) mass is 223 g/mol. The number of methoxy groups -OCH3 is 1. The lowest BCUT2D eigenvalue weighted by Gasteiger charge is -2.11. The summed E-state index contributed by atoms with van der Waals surface area (Å²) in [6.07, 6.45) is 0.684. The Morgan fingerprint density at radius 2 is 2.25 bits per heavy atom. The molecule has 1 aromatic carbocycles. The number of benzene rings is 1. The normalized spacial score (nSPS) is 11.9. The van der Waals surface area contributed by atoms with Crippen LogP contribution in [0.4, 0.5) is 4.79 Å². The van der Waals surface area contributed by atoms with Crippen molar-refractivity contribution in [2.45, 2.75) is 25.9 Å². The molecule has 0 aliphatic heterocycles. The van der Waals surface area contributed by atoms with E-state index in [0.29, 0.717) is 0 Å². The van der Waals surface area contributed by atoms with Gasteiger partial charge >= 0.3 is 6.09 Å².